The van der Waals surface area contributed by atoms with E-state index in [1.807, 2.05) is 11.8 Å². The summed E-state index contributed by atoms with van der Waals surface area (Å²) in [4.78, 5) is 2.81. The molecule has 1 aliphatic rings. The van der Waals surface area contributed by atoms with E-state index in [4.69, 9.17) is 7.85 Å². The largest absolute Gasteiger partial charge is 0.151 e. The first-order valence-electron chi connectivity index (χ1n) is 3.99. The first-order valence-corrected chi connectivity index (χ1v) is 6.92. The van der Waals surface area contributed by atoms with E-state index in [0.717, 1.165) is 15.9 Å². The van der Waals surface area contributed by atoms with E-state index in [1.54, 1.807) is 11.3 Å². The number of thiophene rings is 1. The van der Waals surface area contributed by atoms with Crippen molar-refractivity contribution in [2.75, 3.05) is 4.66 Å². The third kappa shape index (κ3) is 1.76. The van der Waals surface area contributed by atoms with Gasteiger partial charge in [0.25, 0.3) is 0 Å². The fourth-order valence-electron chi connectivity index (χ4n) is 1.58. The fourth-order valence-corrected chi connectivity index (χ4v) is 4.22. The fraction of sp³-hybridized carbons (Fsp3) is 0.333. The van der Waals surface area contributed by atoms with Crippen molar-refractivity contribution in [3.05, 3.63) is 22.1 Å². The molecule has 1 aliphatic carbocycles. The van der Waals surface area contributed by atoms with Crippen molar-refractivity contribution in [2.45, 2.75) is 13.3 Å². The summed E-state index contributed by atoms with van der Waals surface area (Å²) in [5.74, 6) is 0. The maximum atomic E-state index is 5.77. The average molecular weight is 271 g/mol. The Balaban J connectivity index is 2.39. The molecular formula is C9H8BBrS2. The Bertz CT molecular complexity index is 368. The molecule has 0 aromatic carbocycles. The Morgan fingerprint density at radius 3 is 3.15 bits per heavy atom. The molecule has 2 rings (SSSR count). The van der Waals surface area contributed by atoms with Gasteiger partial charge in [-0.3, -0.25) is 0 Å². The maximum absolute atomic E-state index is 5.77. The molecule has 0 unspecified atom stereocenters. The van der Waals surface area contributed by atoms with Gasteiger partial charge in [0.05, 0.1) is 4.66 Å². The van der Waals surface area contributed by atoms with Crippen LogP contribution >= 0.6 is 39.0 Å². The van der Waals surface area contributed by atoms with E-state index in [1.165, 1.54) is 20.9 Å². The molecule has 0 saturated heterocycles. The number of hydrogen-bond donors (Lipinski definition) is 0. The Hall–Kier alpha value is 0.335. The van der Waals surface area contributed by atoms with Crippen LogP contribution in [-0.2, 0) is 6.42 Å². The Labute approximate surface area is 96.3 Å². The molecule has 0 saturated carbocycles. The Morgan fingerprint density at radius 2 is 2.46 bits per heavy atom. The van der Waals surface area contributed by atoms with E-state index in [0.29, 0.717) is 0 Å². The summed E-state index contributed by atoms with van der Waals surface area (Å²) >= 11 is 7.01. The van der Waals surface area contributed by atoms with Gasteiger partial charge >= 0.3 is 0 Å². The second kappa shape index (κ2) is 3.83. The van der Waals surface area contributed by atoms with Gasteiger partial charge in [-0.25, -0.2) is 0 Å². The lowest BCUT2D eigenvalue weighted by Gasteiger charge is -2.00. The lowest BCUT2D eigenvalue weighted by atomic mass is 10.1. The van der Waals surface area contributed by atoms with Crippen LogP contribution in [0.15, 0.2) is 11.6 Å². The van der Waals surface area contributed by atoms with Crippen molar-refractivity contribution in [1.82, 2.24) is 0 Å². The van der Waals surface area contributed by atoms with Crippen LogP contribution in [-0.4, -0.2) is 12.5 Å². The monoisotopic (exact) mass is 270 g/mol. The van der Waals surface area contributed by atoms with Crippen molar-refractivity contribution >= 4 is 56.6 Å². The third-order valence-electron chi connectivity index (χ3n) is 2.08. The minimum absolute atomic E-state index is 0.935. The average Bonchev–Trinajstić information content (AvgIpc) is 2.52. The molecule has 0 nitrogen and oxygen atoms in total. The van der Waals surface area contributed by atoms with Gasteiger partial charge in [-0.2, -0.15) is 11.3 Å². The predicted molar refractivity (Wildman–Crippen MR) is 67.4 cm³/mol. The van der Waals surface area contributed by atoms with E-state index >= 15 is 0 Å². The summed E-state index contributed by atoms with van der Waals surface area (Å²) in [6.07, 6.45) is 1.08. The van der Waals surface area contributed by atoms with Gasteiger partial charge in [-0.15, -0.1) is 11.8 Å². The van der Waals surface area contributed by atoms with Gasteiger partial charge in [0.1, 0.15) is 7.85 Å². The van der Waals surface area contributed by atoms with Crippen LogP contribution in [0, 0.1) is 0 Å². The van der Waals surface area contributed by atoms with Gasteiger partial charge in [0.2, 0.25) is 0 Å². The molecule has 1 aromatic rings. The second-order valence-corrected chi connectivity index (χ2v) is 6.42. The van der Waals surface area contributed by atoms with E-state index in [2.05, 4.69) is 28.9 Å². The number of fused-ring (bicyclic) bond motifs is 1. The number of alkyl halides is 1. The molecule has 1 aromatic heterocycles. The van der Waals surface area contributed by atoms with Gasteiger partial charge in [0.15, 0.2) is 0 Å². The van der Waals surface area contributed by atoms with Crippen molar-refractivity contribution in [1.29, 1.82) is 0 Å². The summed E-state index contributed by atoms with van der Waals surface area (Å²) in [6.45, 7) is 2.20. The first kappa shape index (κ1) is 9.87. The standard InChI is InChI=1S/C9H8BBrS2/c1-5-2-6-3-7(10)13-9(6)8(5)12-4-11/h3H,2,4H2,1H3. The Morgan fingerprint density at radius 1 is 1.69 bits per heavy atom. The van der Waals surface area contributed by atoms with Gasteiger partial charge in [0, 0.05) is 9.78 Å². The molecule has 2 radical (unpaired) electrons. The number of thioether (sulfide) groups is 1. The summed E-state index contributed by atoms with van der Waals surface area (Å²) in [6, 6.07) is 2.10. The molecule has 0 bridgehead atoms. The van der Waals surface area contributed by atoms with Gasteiger partial charge < -0.3 is 0 Å². The SMILES string of the molecule is [B]c1cc2c(s1)C(SCBr)=C(C)C2. The molecule has 0 spiro atoms. The van der Waals surface area contributed by atoms with Crippen LogP contribution in [0.4, 0.5) is 0 Å². The molecule has 4 heteroatoms. The van der Waals surface area contributed by atoms with Crippen LogP contribution in [0.3, 0.4) is 0 Å². The highest BCUT2D eigenvalue weighted by molar-refractivity contribution is 9.11. The molecule has 0 amide bonds. The Kier molecular flexibility index (Phi) is 2.91. The van der Waals surface area contributed by atoms with Crippen LogP contribution in [0.25, 0.3) is 4.91 Å². The quantitative estimate of drug-likeness (QED) is 0.588. The zero-order valence-electron chi connectivity index (χ0n) is 7.26. The number of halogens is 1. The topological polar surface area (TPSA) is 0 Å². The molecule has 0 fully saturated rings. The highest BCUT2D eigenvalue weighted by atomic mass is 79.9. The van der Waals surface area contributed by atoms with E-state index in [9.17, 15) is 0 Å². The highest BCUT2D eigenvalue weighted by Crippen LogP contribution is 2.42. The summed E-state index contributed by atoms with van der Waals surface area (Å²) in [5.41, 5.74) is 2.88. The van der Waals surface area contributed by atoms with Crippen molar-refractivity contribution in [3.8, 4) is 0 Å². The van der Waals surface area contributed by atoms with Gasteiger partial charge in [-0.1, -0.05) is 27.6 Å². The normalized spacial score (nSPS) is 15.2. The minimum Gasteiger partial charge on any atom is -0.151 e. The van der Waals surface area contributed by atoms with Crippen LogP contribution in [0.1, 0.15) is 17.4 Å². The lowest BCUT2D eigenvalue weighted by molar-refractivity contribution is 1.21. The highest BCUT2D eigenvalue weighted by Gasteiger charge is 2.20. The zero-order chi connectivity index (χ0) is 9.42. The smallest absolute Gasteiger partial charge is 0.128 e. The van der Waals surface area contributed by atoms with E-state index < -0.39 is 0 Å². The minimum atomic E-state index is 0.935. The molecular weight excluding hydrogens is 263 g/mol. The van der Waals surface area contributed by atoms with Crippen LogP contribution in [0.2, 0.25) is 0 Å². The van der Waals surface area contributed by atoms with Crippen LogP contribution < -0.4 is 4.78 Å². The summed E-state index contributed by atoms with van der Waals surface area (Å²) < 4.78 is 1.89. The lowest BCUT2D eigenvalue weighted by Crippen LogP contribution is -1.91. The number of rotatable bonds is 2. The molecule has 66 valence electrons. The first-order chi connectivity index (χ1) is 6.22. The third-order valence-corrected chi connectivity index (χ3v) is 4.87. The molecule has 13 heavy (non-hydrogen) atoms. The summed E-state index contributed by atoms with van der Waals surface area (Å²) in [7, 11) is 5.77. The van der Waals surface area contributed by atoms with Crippen molar-refractivity contribution < 1.29 is 0 Å². The second-order valence-electron chi connectivity index (χ2n) is 3.04. The molecule has 0 N–H and O–H groups in total. The van der Waals surface area contributed by atoms with Gasteiger partial charge in [-0.05, 0) is 23.7 Å². The zero-order valence-corrected chi connectivity index (χ0v) is 10.5. The van der Waals surface area contributed by atoms with E-state index in [-0.39, 0.29) is 0 Å². The molecule has 0 atom stereocenters. The van der Waals surface area contributed by atoms with Crippen molar-refractivity contribution in [2.24, 2.45) is 0 Å². The van der Waals surface area contributed by atoms with Crippen molar-refractivity contribution in [3.63, 3.8) is 0 Å². The maximum Gasteiger partial charge on any atom is 0.128 e. The predicted octanol–water partition coefficient (Wildman–Crippen LogP) is 2.91. The molecule has 0 aliphatic heterocycles. The number of hydrogen-bond acceptors (Lipinski definition) is 2. The van der Waals surface area contributed by atoms with Crippen LogP contribution in [0.5, 0.6) is 0 Å². The summed E-state index contributed by atoms with van der Waals surface area (Å²) in [5, 5.41) is 0. The molecule has 1 heterocycles. The number of allylic oxidation sites excluding steroid dienone is 1.